The number of ether oxygens (including phenoxy) is 1. The fourth-order valence-corrected chi connectivity index (χ4v) is 3.20. The molecule has 22 heavy (non-hydrogen) atoms. The monoisotopic (exact) mass is 299 g/mol. The Morgan fingerprint density at radius 3 is 2.91 bits per heavy atom. The van der Waals surface area contributed by atoms with Gasteiger partial charge in [0.1, 0.15) is 5.75 Å². The lowest BCUT2D eigenvalue weighted by Gasteiger charge is -2.13. The summed E-state index contributed by atoms with van der Waals surface area (Å²) in [6, 6.07) is 7.75. The van der Waals surface area contributed by atoms with E-state index in [1.807, 2.05) is 24.3 Å². The highest BCUT2D eigenvalue weighted by molar-refractivity contribution is 5.62. The van der Waals surface area contributed by atoms with Crippen molar-refractivity contribution < 1.29 is 9.15 Å². The smallest absolute Gasteiger partial charge is 0.251 e. The van der Waals surface area contributed by atoms with Crippen molar-refractivity contribution >= 4 is 0 Å². The average molecular weight is 299 g/mol. The van der Waals surface area contributed by atoms with Crippen LogP contribution in [0.1, 0.15) is 31.1 Å². The van der Waals surface area contributed by atoms with Gasteiger partial charge >= 0.3 is 0 Å². The Bertz CT molecular complexity index is 651. The minimum absolute atomic E-state index is 0.370. The zero-order valence-electron chi connectivity index (χ0n) is 12.9. The van der Waals surface area contributed by atoms with Crippen LogP contribution in [0.2, 0.25) is 0 Å². The average Bonchev–Trinajstić information content (AvgIpc) is 3.03. The van der Waals surface area contributed by atoms with Gasteiger partial charge in [-0.2, -0.15) is 0 Å². The lowest BCUT2D eigenvalue weighted by molar-refractivity contribution is 0.314. The molecule has 0 spiro atoms. The van der Waals surface area contributed by atoms with E-state index in [-0.39, 0.29) is 0 Å². The van der Waals surface area contributed by atoms with Gasteiger partial charge in [-0.25, -0.2) is 0 Å². The summed E-state index contributed by atoms with van der Waals surface area (Å²) in [5.74, 6) is 3.38. The normalized spacial score (nSPS) is 22.1. The maximum Gasteiger partial charge on any atom is 0.251 e. The van der Waals surface area contributed by atoms with E-state index in [9.17, 15) is 0 Å². The number of hydrogen-bond acceptors (Lipinski definition) is 5. The molecule has 0 unspecified atom stereocenters. The molecule has 1 aromatic heterocycles. The highest BCUT2D eigenvalue weighted by Gasteiger charge is 2.32. The van der Waals surface area contributed by atoms with Crippen molar-refractivity contribution in [2.45, 2.75) is 25.2 Å². The summed E-state index contributed by atoms with van der Waals surface area (Å²) < 4.78 is 11.3. The molecule has 1 saturated heterocycles. The van der Waals surface area contributed by atoms with E-state index >= 15 is 0 Å². The Balaban J connectivity index is 1.49. The molecule has 2 aliphatic rings. The number of likely N-dealkylation sites (tertiary alicyclic amines) is 1. The van der Waals surface area contributed by atoms with Crippen molar-refractivity contribution in [3.05, 3.63) is 30.2 Å². The highest BCUT2D eigenvalue weighted by Crippen LogP contribution is 2.35. The van der Waals surface area contributed by atoms with Crippen molar-refractivity contribution in [1.82, 2.24) is 15.1 Å². The molecule has 5 nitrogen and oxygen atoms in total. The first kappa shape index (κ1) is 13.8. The van der Waals surface area contributed by atoms with Crippen molar-refractivity contribution in [2.75, 3.05) is 26.7 Å². The van der Waals surface area contributed by atoms with Crippen LogP contribution in [0.5, 0.6) is 5.75 Å². The number of hydrogen-bond donors (Lipinski definition) is 0. The molecular formula is C17H21N3O2. The van der Waals surface area contributed by atoms with Crippen LogP contribution in [0.25, 0.3) is 11.5 Å². The van der Waals surface area contributed by atoms with E-state index in [0.29, 0.717) is 11.8 Å². The van der Waals surface area contributed by atoms with Crippen LogP contribution in [-0.4, -0.2) is 41.8 Å². The van der Waals surface area contributed by atoms with Gasteiger partial charge in [-0.05, 0) is 43.9 Å². The van der Waals surface area contributed by atoms with E-state index in [4.69, 9.17) is 9.15 Å². The Morgan fingerprint density at radius 1 is 1.23 bits per heavy atom. The first-order chi connectivity index (χ1) is 10.8. The SMILES string of the molecule is COc1ccccc1-c1nnc([C@H]2CCN(CC3CC3)C2)o1. The Hall–Kier alpha value is -1.88. The van der Waals surface area contributed by atoms with E-state index < -0.39 is 0 Å². The number of methoxy groups -OCH3 is 1. The second-order valence-electron chi connectivity index (χ2n) is 6.33. The first-order valence-electron chi connectivity index (χ1n) is 8.02. The molecule has 5 heteroatoms. The summed E-state index contributed by atoms with van der Waals surface area (Å²) in [6.45, 7) is 3.43. The topological polar surface area (TPSA) is 51.4 Å². The quantitative estimate of drug-likeness (QED) is 0.849. The molecule has 1 atom stereocenters. The summed E-state index contributed by atoms with van der Waals surface area (Å²) in [4.78, 5) is 2.54. The first-order valence-corrected chi connectivity index (χ1v) is 8.02. The molecule has 0 N–H and O–H groups in total. The van der Waals surface area contributed by atoms with Crippen LogP contribution in [-0.2, 0) is 0 Å². The molecule has 4 rings (SSSR count). The summed E-state index contributed by atoms with van der Waals surface area (Å²) in [7, 11) is 1.66. The van der Waals surface area contributed by atoms with Crippen LogP contribution in [0.4, 0.5) is 0 Å². The molecule has 1 saturated carbocycles. The molecule has 1 aliphatic carbocycles. The minimum Gasteiger partial charge on any atom is -0.496 e. The van der Waals surface area contributed by atoms with Gasteiger partial charge in [-0.15, -0.1) is 10.2 Å². The third-order valence-corrected chi connectivity index (χ3v) is 4.61. The molecule has 0 radical (unpaired) electrons. The highest BCUT2D eigenvalue weighted by atomic mass is 16.5. The Kier molecular flexibility index (Phi) is 3.58. The third-order valence-electron chi connectivity index (χ3n) is 4.61. The summed E-state index contributed by atoms with van der Waals surface area (Å²) in [5.41, 5.74) is 0.858. The number of para-hydroxylation sites is 1. The van der Waals surface area contributed by atoms with E-state index in [1.54, 1.807) is 7.11 Å². The molecule has 0 amide bonds. The van der Waals surface area contributed by atoms with Gasteiger partial charge in [-0.1, -0.05) is 12.1 Å². The van der Waals surface area contributed by atoms with Crippen LogP contribution in [0.3, 0.4) is 0 Å². The molecule has 2 fully saturated rings. The summed E-state index contributed by atoms with van der Waals surface area (Å²) in [6.07, 6.45) is 3.92. The fraction of sp³-hybridized carbons (Fsp3) is 0.529. The zero-order chi connectivity index (χ0) is 14.9. The molecule has 2 heterocycles. The summed E-state index contributed by atoms with van der Waals surface area (Å²) in [5, 5.41) is 8.50. The minimum atomic E-state index is 0.370. The van der Waals surface area contributed by atoms with Crippen molar-refractivity contribution in [1.29, 1.82) is 0 Å². The Labute approximate surface area is 130 Å². The largest absolute Gasteiger partial charge is 0.496 e. The second-order valence-corrected chi connectivity index (χ2v) is 6.33. The van der Waals surface area contributed by atoms with Crippen LogP contribution in [0.15, 0.2) is 28.7 Å². The fourth-order valence-electron chi connectivity index (χ4n) is 3.20. The zero-order valence-corrected chi connectivity index (χ0v) is 12.9. The van der Waals surface area contributed by atoms with Crippen LogP contribution in [0, 0.1) is 5.92 Å². The number of nitrogens with zero attached hydrogens (tertiary/aromatic N) is 3. The standard InChI is InChI=1S/C17H21N3O2/c1-21-15-5-3-2-4-14(15)17-19-18-16(22-17)13-8-9-20(11-13)10-12-6-7-12/h2-5,12-13H,6-11H2,1H3/t13-/m0/s1. The lowest BCUT2D eigenvalue weighted by Crippen LogP contribution is -2.22. The van der Waals surface area contributed by atoms with Crippen LogP contribution < -0.4 is 4.74 Å². The summed E-state index contributed by atoms with van der Waals surface area (Å²) >= 11 is 0. The van der Waals surface area contributed by atoms with Gasteiger partial charge in [0, 0.05) is 13.1 Å². The maximum absolute atomic E-state index is 5.94. The van der Waals surface area contributed by atoms with Gasteiger partial charge in [-0.3, -0.25) is 0 Å². The molecule has 116 valence electrons. The van der Waals surface area contributed by atoms with E-state index in [0.717, 1.165) is 42.6 Å². The second kappa shape index (κ2) is 5.72. The lowest BCUT2D eigenvalue weighted by atomic mass is 10.1. The van der Waals surface area contributed by atoms with Crippen molar-refractivity contribution in [2.24, 2.45) is 5.92 Å². The number of rotatable bonds is 5. The van der Waals surface area contributed by atoms with Crippen LogP contribution >= 0.6 is 0 Å². The molecule has 1 aromatic carbocycles. The van der Waals surface area contributed by atoms with Crippen molar-refractivity contribution in [3.8, 4) is 17.2 Å². The molecule has 2 aromatic rings. The van der Waals surface area contributed by atoms with Gasteiger partial charge in [0.15, 0.2) is 0 Å². The number of aromatic nitrogens is 2. The van der Waals surface area contributed by atoms with E-state index in [2.05, 4.69) is 15.1 Å². The van der Waals surface area contributed by atoms with E-state index in [1.165, 1.54) is 19.4 Å². The van der Waals surface area contributed by atoms with Crippen molar-refractivity contribution in [3.63, 3.8) is 0 Å². The van der Waals surface area contributed by atoms with Gasteiger partial charge in [0.2, 0.25) is 5.89 Å². The van der Waals surface area contributed by atoms with Gasteiger partial charge in [0.05, 0.1) is 18.6 Å². The third kappa shape index (κ3) is 2.73. The Morgan fingerprint density at radius 2 is 2.09 bits per heavy atom. The predicted octanol–water partition coefficient (Wildman–Crippen LogP) is 2.94. The molecule has 0 bridgehead atoms. The number of benzene rings is 1. The maximum atomic E-state index is 5.94. The molecular weight excluding hydrogens is 278 g/mol. The van der Waals surface area contributed by atoms with Gasteiger partial charge in [0.25, 0.3) is 5.89 Å². The molecule has 1 aliphatic heterocycles. The van der Waals surface area contributed by atoms with Gasteiger partial charge < -0.3 is 14.1 Å². The predicted molar refractivity (Wildman–Crippen MR) is 82.8 cm³/mol.